The van der Waals surface area contributed by atoms with E-state index in [1.807, 2.05) is 0 Å². The molecule has 1 fully saturated rings. The maximum absolute atomic E-state index is 13.8. The van der Waals surface area contributed by atoms with Gasteiger partial charge >= 0.3 is 24.6 Å². The topological polar surface area (TPSA) is 79.8 Å². The molecule has 1 N–H and O–H groups in total. The van der Waals surface area contributed by atoms with Crippen molar-refractivity contribution in [2.24, 2.45) is 0 Å². The predicted molar refractivity (Wildman–Crippen MR) is 160 cm³/mol. The zero-order chi connectivity index (χ0) is 35.7. The van der Waals surface area contributed by atoms with Crippen molar-refractivity contribution in [1.29, 1.82) is 0 Å². The first kappa shape index (κ1) is 36.0. The minimum absolute atomic E-state index is 0.0336. The Bertz CT molecular complexity index is 1620. The molecule has 0 unspecified atom stereocenters. The maximum Gasteiger partial charge on any atom is 0.416 e. The molecule has 1 saturated heterocycles. The van der Waals surface area contributed by atoms with Gasteiger partial charge in [0.05, 0.1) is 65.8 Å². The summed E-state index contributed by atoms with van der Waals surface area (Å²) in [6.45, 7) is 4.72. The molecule has 0 radical (unpaired) electrons. The van der Waals surface area contributed by atoms with Crippen LogP contribution in [0.5, 0.6) is 0 Å². The summed E-state index contributed by atoms with van der Waals surface area (Å²) in [5.74, 6) is -0.122. The van der Waals surface area contributed by atoms with Crippen LogP contribution in [0.15, 0.2) is 42.6 Å². The number of nitrogens with zero attached hydrogens (tertiary/aromatic N) is 4. The largest absolute Gasteiger partial charge is 0.449 e. The molecule has 5 rings (SSSR count). The zero-order valence-corrected chi connectivity index (χ0v) is 26.3. The normalized spacial score (nSPS) is 18.7. The lowest BCUT2D eigenvalue weighted by Gasteiger charge is -2.40. The van der Waals surface area contributed by atoms with Crippen molar-refractivity contribution in [3.63, 3.8) is 0 Å². The number of anilines is 3. The van der Waals surface area contributed by atoms with Crippen LogP contribution in [-0.2, 0) is 34.4 Å². The van der Waals surface area contributed by atoms with E-state index in [9.17, 15) is 44.3 Å². The molecule has 0 aliphatic carbocycles. The van der Waals surface area contributed by atoms with E-state index in [-0.39, 0.29) is 47.6 Å². The number of ether oxygens (including phenoxy) is 2. The molecule has 2 aromatic carbocycles. The molecular formula is C32H32F9N5O3. The van der Waals surface area contributed by atoms with Crippen molar-refractivity contribution in [3.8, 4) is 0 Å². The molecule has 3 heterocycles. The molecule has 2 aliphatic rings. The maximum atomic E-state index is 13.8. The molecule has 0 bridgehead atoms. The summed E-state index contributed by atoms with van der Waals surface area (Å²) >= 11 is 0. The number of carbonyl (C=O) groups excluding carboxylic acids is 1. The van der Waals surface area contributed by atoms with Crippen LogP contribution < -0.4 is 15.1 Å². The van der Waals surface area contributed by atoms with Gasteiger partial charge in [-0.05, 0) is 67.3 Å². The molecule has 0 spiro atoms. The minimum atomic E-state index is -5.06. The van der Waals surface area contributed by atoms with Crippen LogP contribution in [0.1, 0.15) is 66.2 Å². The third-order valence-corrected chi connectivity index (χ3v) is 8.32. The number of hydrogen-bond acceptors (Lipinski definition) is 7. The van der Waals surface area contributed by atoms with E-state index < -0.39 is 59.8 Å². The molecule has 1 amide bonds. The van der Waals surface area contributed by atoms with Gasteiger partial charge in [-0.15, -0.1) is 0 Å². The number of fused-ring (bicyclic) bond motifs is 1. The molecule has 266 valence electrons. The van der Waals surface area contributed by atoms with E-state index in [1.54, 1.807) is 18.7 Å². The van der Waals surface area contributed by atoms with Gasteiger partial charge in [-0.3, -0.25) is 4.90 Å². The Morgan fingerprint density at radius 3 is 2.10 bits per heavy atom. The van der Waals surface area contributed by atoms with Crippen LogP contribution in [-0.4, -0.2) is 55.0 Å². The minimum Gasteiger partial charge on any atom is -0.449 e. The van der Waals surface area contributed by atoms with Crippen LogP contribution >= 0.6 is 0 Å². The molecule has 1 aromatic heterocycles. The Morgan fingerprint density at radius 1 is 0.898 bits per heavy atom. The number of halogens is 9. The average Bonchev–Trinajstić information content (AvgIpc) is 3.03. The van der Waals surface area contributed by atoms with Crippen LogP contribution in [0.2, 0.25) is 0 Å². The lowest BCUT2D eigenvalue weighted by molar-refractivity contribution is -0.143. The average molecular weight is 706 g/mol. The summed E-state index contributed by atoms with van der Waals surface area (Å²) in [6, 6.07) is 2.85. The second-order valence-electron chi connectivity index (χ2n) is 11.6. The number of carbonyl (C=O) groups is 1. The van der Waals surface area contributed by atoms with Gasteiger partial charge in [0.25, 0.3) is 0 Å². The van der Waals surface area contributed by atoms with E-state index in [4.69, 9.17) is 9.47 Å². The highest BCUT2D eigenvalue weighted by Crippen LogP contribution is 2.43. The van der Waals surface area contributed by atoms with Crippen molar-refractivity contribution in [3.05, 3.63) is 76.1 Å². The fraction of sp³-hybridized carbons (Fsp3) is 0.469. The first-order valence-corrected chi connectivity index (χ1v) is 15.4. The monoisotopic (exact) mass is 705 g/mol. The number of amides is 1. The van der Waals surface area contributed by atoms with Crippen molar-refractivity contribution in [1.82, 2.24) is 9.97 Å². The summed E-state index contributed by atoms with van der Waals surface area (Å²) in [7, 11) is 0. The Morgan fingerprint density at radius 2 is 1.53 bits per heavy atom. The molecule has 49 heavy (non-hydrogen) atoms. The summed E-state index contributed by atoms with van der Waals surface area (Å²) in [6.07, 6.45) is -14.1. The Balaban J connectivity index is 1.58. The Labute approximate surface area is 275 Å². The van der Waals surface area contributed by atoms with E-state index in [0.717, 1.165) is 12.1 Å². The Hall–Kier alpha value is -4.28. The lowest BCUT2D eigenvalue weighted by Crippen LogP contribution is -2.46. The van der Waals surface area contributed by atoms with Crippen LogP contribution in [0.4, 0.5) is 61.6 Å². The second-order valence-corrected chi connectivity index (χ2v) is 11.6. The van der Waals surface area contributed by atoms with Crippen molar-refractivity contribution in [2.45, 2.75) is 63.7 Å². The van der Waals surface area contributed by atoms with Gasteiger partial charge in [0.2, 0.25) is 5.95 Å². The Kier molecular flexibility index (Phi) is 10.2. The third kappa shape index (κ3) is 8.13. The highest BCUT2D eigenvalue weighted by atomic mass is 19.4. The molecular weight excluding hydrogens is 673 g/mol. The van der Waals surface area contributed by atoms with E-state index >= 15 is 0 Å². The van der Waals surface area contributed by atoms with Crippen molar-refractivity contribution in [2.75, 3.05) is 48.0 Å². The zero-order valence-electron chi connectivity index (χ0n) is 26.3. The standard InChI is InChI=1S/C32H32F9N5O3/c1-3-22-16-24(23-15-19(30(33,34)35)5-6-26(23)46(22)29(47)49-4-2)43-28-42-17-27(45-7-9-48-10-8-45)25(44-28)13-18-11-20(31(36,37)38)14-21(12-18)32(39,40)41/h5-6,11-12,14-15,17,22,24H,3-4,7-10,13,16H2,1-2H3,(H,42,43,44)/t22-,24+/m1/s1. The fourth-order valence-corrected chi connectivity index (χ4v) is 6.01. The van der Waals surface area contributed by atoms with Gasteiger partial charge in [0.15, 0.2) is 0 Å². The quantitative estimate of drug-likeness (QED) is 0.248. The highest BCUT2D eigenvalue weighted by molar-refractivity contribution is 5.90. The van der Waals surface area contributed by atoms with Crippen molar-refractivity contribution < 1.29 is 53.8 Å². The molecule has 2 atom stereocenters. The second kappa shape index (κ2) is 13.9. The summed E-state index contributed by atoms with van der Waals surface area (Å²) in [5, 5.41) is 3.03. The number of aromatic nitrogens is 2. The van der Waals surface area contributed by atoms with Gasteiger partial charge in [-0.2, -0.15) is 39.5 Å². The van der Waals surface area contributed by atoms with Gasteiger partial charge in [0.1, 0.15) is 0 Å². The van der Waals surface area contributed by atoms with Crippen LogP contribution in [0.25, 0.3) is 0 Å². The number of nitrogens with one attached hydrogen (secondary N) is 1. The number of alkyl halides is 9. The number of benzene rings is 2. The highest BCUT2D eigenvalue weighted by Gasteiger charge is 2.40. The molecule has 2 aliphatic heterocycles. The number of rotatable bonds is 7. The van der Waals surface area contributed by atoms with Gasteiger partial charge in [-0.1, -0.05) is 6.92 Å². The first-order chi connectivity index (χ1) is 23.0. The molecule has 0 saturated carbocycles. The van der Waals surface area contributed by atoms with Crippen LogP contribution in [0.3, 0.4) is 0 Å². The van der Waals surface area contributed by atoms with Gasteiger partial charge < -0.3 is 19.7 Å². The third-order valence-electron chi connectivity index (χ3n) is 8.32. The predicted octanol–water partition coefficient (Wildman–Crippen LogP) is 8.26. The summed E-state index contributed by atoms with van der Waals surface area (Å²) in [4.78, 5) is 24.9. The first-order valence-electron chi connectivity index (χ1n) is 15.4. The SMILES string of the molecule is CCOC(=O)N1c2ccc(C(F)(F)F)cc2[C@@H](Nc2ncc(N3CCOCC3)c(Cc3cc(C(F)(F)F)cc(C(F)(F)F)c3)n2)C[C@H]1CC. The smallest absolute Gasteiger partial charge is 0.416 e. The molecule has 8 nitrogen and oxygen atoms in total. The van der Waals surface area contributed by atoms with Crippen molar-refractivity contribution >= 4 is 23.4 Å². The number of morpholine rings is 1. The van der Waals surface area contributed by atoms with Gasteiger partial charge in [-0.25, -0.2) is 14.8 Å². The summed E-state index contributed by atoms with van der Waals surface area (Å²) < 4.78 is 134. The van der Waals surface area contributed by atoms with Gasteiger partial charge in [0, 0.05) is 25.6 Å². The molecule has 17 heteroatoms. The van der Waals surface area contributed by atoms with E-state index in [1.165, 1.54) is 17.2 Å². The molecule has 3 aromatic rings. The lowest BCUT2D eigenvalue weighted by atomic mass is 9.89. The van der Waals surface area contributed by atoms with E-state index in [2.05, 4.69) is 15.3 Å². The number of hydrogen-bond donors (Lipinski definition) is 1. The fourth-order valence-electron chi connectivity index (χ4n) is 6.01. The van der Waals surface area contributed by atoms with Crippen LogP contribution in [0, 0.1) is 0 Å². The summed E-state index contributed by atoms with van der Waals surface area (Å²) in [5.41, 5.74) is -3.52. The van der Waals surface area contributed by atoms with E-state index in [0.29, 0.717) is 50.5 Å².